The van der Waals surface area contributed by atoms with Crippen LogP contribution in [0.25, 0.3) is 0 Å². The average Bonchev–Trinajstić information content (AvgIpc) is 3.09. The monoisotopic (exact) mass is 410 g/mol. The minimum atomic E-state index is -0.305. The summed E-state index contributed by atoms with van der Waals surface area (Å²) in [5.41, 5.74) is 3.34. The number of halogens is 1. The smallest absolute Gasteiger partial charge is 0.270 e. The van der Waals surface area contributed by atoms with E-state index in [1.807, 2.05) is 38.2 Å². The molecule has 1 heterocycles. The van der Waals surface area contributed by atoms with Crippen molar-refractivity contribution in [3.63, 3.8) is 0 Å². The molecule has 1 unspecified atom stereocenters. The van der Waals surface area contributed by atoms with Crippen LogP contribution in [-0.2, 0) is 9.53 Å². The van der Waals surface area contributed by atoms with Crippen LogP contribution in [0.1, 0.15) is 26.7 Å². The molecular weight excluding hydrogens is 383 g/mol. The molecule has 0 saturated carbocycles. The average molecular weight is 410 g/mol. The molecule has 1 amide bonds. The Kier molecular flexibility index (Phi) is 7.06. The van der Waals surface area contributed by atoms with E-state index in [-0.39, 0.29) is 17.9 Å². The largest absolute Gasteiger partial charge is 0.497 e. The zero-order valence-corrected chi connectivity index (χ0v) is 17.5. The van der Waals surface area contributed by atoms with E-state index in [0.29, 0.717) is 18.7 Å². The second-order valence-electron chi connectivity index (χ2n) is 7.14. The molecule has 30 heavy (non-hydrogen) atoms. The van der Waals surface area contributed by atoms with Gasteiger partial charge in [-0.2, -0.15) is 5.10 Å². The molecule has 0 aromatic rings. The fraction of sp³-hybridized carbons (Fsp3) is 0.304. The van der Waals surface area contributed by atoms with Gasteiger partial charge in [0.25, 0.3) is 5.91 Å². The molecule has 1 atom stereocenters. The van der Waals surface area contributed by atoms with Crippen molar-refractivity contribution in [2.45, 2.75) is 32.9 Å². The minimum Gasteiger partial charge on any atom is -0.497 e. The number of hydrazone groups is 1. The highest BCUT2D eigenvalue weighted by atomic mass is 19.1. The summed E-state index contributed by atoms with van der Waals surface area (Å²) in [4.78, 5) is 12.7. The molecule has 0 saturated heterocycles. The number of ether oxygens (including phenoxy) is 1. The second-order valence-corrected chi connectivity index (χ2v) is 7.14. The summed E-state index contributed by atoms with van der Waals surface area (Å²) in [6, 6.07) is 0. The summed E-state index contributed by atoms with van der Waals surface area (Å²) in [7, 11) is 1.63. The Morgan fingerprint density at radius 2 is 2.13 bits per heavy atom. The number of carbonyl (C=O) groups excluding carboxylic acids is 1. The number of allylic oxidation sites excluding steroid dienone is 10. The second kappa shape index (κ2) is 9.91. The van der Waals surface area contributed by atoms with Crippen LogP contribution < -0.4 is 10.6 Å². The van der Waals surface area contributed by atoms with E-state index in [1.165, 1.54) is 17.2 Å². The summed E-state index contributed by atoms with van der Waals surface area (Å²) in [6.45, 7) is 4.19. The van der Waals surface area contributed by atoms with Gasteiger partial charge in [-0.3, -0.25) is 4.79 Å². The van der Waals surface area contributed by atoms with Crippen LogP contribution in [0.5, 0.6) is 0 Å². The number of carbonyl (C=O) groups is 1. The van der Waals surface area contributed by atoms with Gasteiger partial charge >= 0.3 is 0 Å². The molecule has 2 aliphatic carbocycles. The van der Waals surface area contributed by atoms with Crippen molar-refractivity contribution in [1.29, 1.82) is 0 Å². The van der Waals surface area contributed by atoms with Crippen molar-refractivity contribution >= 4 is 11.6 Å². The van der Waals surface area contributed by atoms with Crippen LogP contribution in [0, 0.1) is 0 Å². The number of methoxy groups -OCH3 is 1. The summed E-state index contributed by atoms with van der Waals surface area (Å²) in [6.07, 6.45) is 16.7. The first-order valence-corrected chi connectivity index (χ1v) is 9.90. The van der Waals surface area contributed by atoms with E-state index >= 15 is 0 Å². The summed E-state index contributed by atoms with van der Waals surface area (Å²) in [5, 5.41) is 12.5. The maximum absolute atomic E-state index is 13.4. The Bertz CT molecular complexity index is 935. The first-order chi connectivity index (χ1) is 14.5. The van der Waals surface area contributed by atoms with Crippen molar-refractivity contribution in [1.82, 2.24) is 15.6 Å². The Morgan fingerprint density at radius 3 is 2.90 bits per heavy atom. The Labute approximate surface area is 176 Å². The number of hydrogen-bond donors (Lipinski definition) is 2. The number of rotatable bonds is 6. The van der Waals surface area contributed by atoms with Crippen LogP contribution in [0.15, 0.2) is 88.3 Å². The van der Waals surface area contributed by atoms with Crippen LogP contribution >= 0.6 is 0 Å². The molecule has 3 aliphatic rings. The molecule has 7 heteroatoms. The number of hydrogen-bond acceptors (Lipinski definition) is 5. The van der Waals surface area contributed by atoms with Gasteiger partial charge in [0.2, 0.25) is 0 Å². The molecule has 6 nitrogen and oxygen atoms in total. The van der Waals surface area contributed by atoms with Crippen molar-refractivity contribution in [3.8, 4) is 0 Å². The van der Waals surface area contributed by atoms with Crippen LogP contribution in [0.2, 0.25) is 0 Å². The maximum atomic E-state index is 13.4. The molecule has 2 N–H and O–H groups in total. The van der Waals surface area contributed by atoms with Gasteiger partial charge in [0.15, 0.2) is 0 Å². The van der Waals surface area contributed by atoms with E-state index in [1.54, 1.807) is 25.3 Å². The van der Waals surface area contributed by atoms with Gasteiger partial charge < -0.3 is 15.4 Å². The predicted octanol–water partition coefficient (Wildman–Crippen LogP) is 3.73. The molecule has 0 spiro atoms. The lowest BCUT2D eigenvalue weighted by Gasteiger charge is -2.31. The van der Waals surface area contributed by atoms with E-state index in [9.17, 15) is 9.18 Å². The Morgan fingerprint density at radius 1 is 1.30 bits per heavy atom. The highest BCUT2D eigenvalue weighted by Crippen LogP contribution is 2.17. The van der Waals surface area contributed by atoms with E-state index in [0.717, 1.165) is 29.1 Å². The van der Waals surface area contributed by atoms with Crippen molar-refractivity contribution in [2.24, 2.45) is 5.10 Å². The van der Waals surface area contributed by atoms with Crippen molar-refractivity contribution in [3.05, 3.63) is 83.2 Å². The van der Waals surface area contributed by atoms with Crippen molar-refractivity contribution < 1.29 is 13.9 Å². The number of amides is 1. The molecule has 0 aromatic carbocycles. The molecule has 1 aliphatic heterocycles. The molecule has 3 rings (SSSR count). The number of nitrogens with one attached hydrogen (secondary N) is 2. The molecule has 0 bridgehead atoms. The molecule has 0 aromatic heterocycles. The standard InChI is InChI=1S/C23H27FN4O2/c1-16(18-7-6-8-19(24)12-11-18)27-28-17(2)26-21(14-23(28)29)15-25-20-9-4-5-10-22(13-20)30-3/h4-6,8,10-14,17,25-26H,7,9,15H2,1-3H3/b27-16+. The third kappa shape index (κ3) is 5.59. The predicted molar refractivity (Wildman–Crippen MR) is 117 cm³/mol. The normalized spacial score (nSPS) is 22.1. The summed E-state index contributed by atoms with van der Waals surface area (Å²) < 4.78 is 18.7. The zero-order chi connectivity index (χ0) is 21.5. The van der Waals surface area contributed by atoms with Gasteiger partial charge in [-0.15, -0.1) is 0 Å². The molecule has 158 valence electrons. The first kappa shape index (κ1) is 21.4. The van der Waals surface area contributed by atoms with Crippen LogP contribution in [0.4, 0.5) is 4.39 Å². The quantitative estimate of drug-likeness (QED) is 0.655. The van der Waals surface area contributed by atoms with E-state index in [2.05, 4.69) is 15.7 Å². The first-order valence-electron chi connectivity index (χ1n) is 9.90. The third-order valence-corrected chi connectivity index (χ3v) is 4.86. The number of nitrogens with zero attached hydrogens (tertiary/aromatic N) is 2. The topological polar surface area (TPSA) is 66.0 Å². The highest BCUT2D eigenvalue weighted by molar-refractivity contribution is 6.00. The van der Waals surface area contributed by atoms with Gasteiger partial charge in [0, 0.05) is 23.9 Å². The molecule has 0 fully saturated rings. The Balaban J connectivity index is 1.66. The summed E-state index contributed by atoms with van der Waals surface area (Å²) >= 11 is 0. The highest BCUT2D eigenvalue weighted by Gasteiger charge is 2.25. The van der Waals surface area contributed by atoms with Crippen LogP contribution in [0.3, 0.4) is 0 Å². The summed E-state index contributed by atoms with van der Waals surface area (Å²) in [5.74, 6) is 0.278. The van der Waals surface area contributed by atoms with Gasteiger partial charge in [-0.05, 0) is 50.1 Å². The van der Waals surface area contributed by atoms with E-state index in [4.69, 9.17) is 4.74 Å². The van der Waals surface area contributed by atoms with Gasteiger partial charge in [0.1, 0.15) is 17.8 Å². The maximum Gasteiger partial charge on any atom is 0.270 e. The Hall–Kier alpha value is -3.35. The van der Waals surface area contributed by atoms with Crippen molar-refractivity contribution in [2.75, 3.05) is 13.7 Å². The zero-order valence-electron chi connectivity index (χ0n) is 17.5. The lowest BCUT2D eigenvalue weighted by molar-refractivity contribution is -0.129. The molecule has 0 radical (unpaired) electrons. The lowest BCUT2D eigenvalue weighted by Crippen LogP contribution is -2.49. The molecular formula is C23H27FN4O2. The van der Waals surface area contributed by atoms with Gasteiger partial charge in [-0.25, -0.2) is 9.40 Å². The van der Waals surface area contributed by atoms with Crippen LogP contribution in [-0.4, -0.2) is 36.4 Å². The third-order valence-electron chi connectivity index (χ3n) is 4.86. The van der Waals surface area contributed by atoms with E-state index < -0.39 is 0 Å². The lowest BCUT2D eigenvalue weighted by atomic mass is 10.1. The van der Waals surface area contributed by atoms with Gasteiger partial charge in [-0.1, -0.05) is 24.3 Å². The fourth-order valence-corrected chi connectivity index (χ4v) is 3.21. The van der Waals surface area contributed by atoms with Gasteiger partial charge in [0.05, 0.1) is 19.4 Å². The minimum absolute atomic E-state index is 0.198. The SMILES string of the molecule is COC1=CC=CCC(NCC2=CC(=O)N(/N=C(\C)C3=CC=C(F)C=CC3)C(C)N2)=C1. The fourth-order valence-electron chi connectivity index (χ4n) is 3.21.